The van der Waals surface area contributed by atoms with Crippen LogP contribution in [-0.4, -0.2) is 18.6 Å². The Hall–Kier alpha value is -1.17. The van der Waals surface area contributed by atoms with Crippen molar-refractivity contribution in [3.05, 3.63) is 28.2 Å². The lowest BCUT2D eigenvalue weighted by Crippen LogP contribution is -2.40. The molecule has 0 spiro atoms. The van der Waals surface area contributed by atoms with Crippen LogP contribution in [0.4, 0.5) is 8.78 Å². The lowest BCUT2D eigenvalue weighted by Gasteiger charge is -2.28. The van der Waals surface area contributed by atoms with Crippen molar-refractivity contribution in [2.45, 2.75) is 45.3 Å². The zero-order valence-electron chi connectivity index (χ0n) is 12.9. The summed E-state index contributed by atoms with van der Waals surface area (Å²) >= 11 is 3.27. The Bertz CT molecular complexity index is 596. The molecule has 1 aromatic rings. The van der Waals surface area contributed by atoms with Crippen LogP contribution in [0.5, 0.6) is 5.75 Å². The number of benzene rings is 1. The quantitative estimate of drug-likeness (QED) is 0.801. The lowest BCUT2D eigenvalue weighted by atomic mass is 9.84. The highest BCUT2D eigenvalue weighted by atomic mass is 79.9. The van der Waals surface area contributed by atoms with Gasteiger partial charge in [-0.25, -0.2) is 0 Å². The molecule has 0 heterocycles. The molecule has 2 bridgehead atoms. The summed E-state index contributed by atoms with van der Waals surface area (Å²) in [4.78, 5) is 12.5. The molecule has 1 N–H and O–H groups in total. The molecule has 23 heavy (non-hydrogen) atoms. The molecule has 3 nitrogen and oxygen atoms in total. The highest BCUT2D eigenvalue weighted by Gasteiger charge is 2.42. The second-order valence-electron chi connectivity index (χ2n) is 6.62. The van der Waals surface area contributed by atoms with Crippen LogP contribution in [0.25, 0.3) is 0 Å². The zero-order chi connectivity index (χ0) is 16.6. The molecule has 3 rings (SSSR count). The first-order valence-electron chi connectivity index (χ1n) is 7.99. The van der Waals surface area contributed by atoms with Gasteiger partial charge in [-0.2, -0.15) is 8.78 Å². The second-order valence-corrected chi connectivity index (χ2v) is 7.54. The first-order valence-corrected chi connectivity index (χ1v) is 8.78. The number of alkyl halides is 2. The van der Waals surface area contributed by atoms with Crippen molar-refractivity contribution in [3.8, 4) is 5.75 Å². The van der Waals surface area contributed by atoms with E-state index in [4.69, 9.17) is 0 Å². The van der Waals surface area contributed by atoms with Crippen molar-refractivity contribution in [2.24, 2.45) is 17.8 Å². The molecule has 1 aromatic carbocycles. The van der Waals surface area contributed by atoms with Gasteiger partial charge in [0.2, 0.25) is 0 Å². The maximum Gasteiger partial charge on any atom is 0.387 e. The van der Waals surface area contributed by atoms with Crippen molar-refractivity contribution in [1.29, 1.82) is 0 Å². The summed E-state index contributed by atoms with van der Waals surface area (Å²) in [6, 6.07) is 4.51. The molecule has 0 aliphatic heterocycles. The van der Waals surface area contributed by atoms with Crippen molar-refractivity contribution < 1.29 is 18.3 Å². The van der Waals surface area contributed by atoms with Crippen molar-refractivity contribution in [1.82, 2.24) is 5.32 Å². The van der Waals surface area contributed by atoms with E-state index in [-0.39, 0.29) is 23.3 Å². The van der Waals surface area contributed by atoms with Crippen LogP contribution < -0.4 is 10.1 Å². The standard InChI is InChI=1S/C17H20BrF2NO2/c1-9(13-7-10-2-3-11(13)6-10)21-16(22)14-8-12(18)4-5-15(14)23-17(19)20/h4-5,8-11,13,17H,2-3,6-7H2,1H3,(H,21,22)/t9-,10+,11+,13+/m0/s1. The summed E-state index contributed by atoms with van der Waals surface area (Å²) in [7, 11) is 0. The molecule has 2 fully saturated rings. The van der Waals surface area contributed by atoms with E-state index < -0.39 is 6.61 Å². The third kappa shape index (κ3) is 3.67. The predicted molar refractivity (Wildman–Crippen MR) is 86.6 cm³/mol. The van der Waals surface area contributed by atoms with E-state index in [0.29, 0.717) is 16.3 Å². The smallest absolute Gasteiger partial charge is 0.387 e. The molecule has 4 atom stereocenters. The number of carbonyl (C=O) groups is 1. The number of hydrogen-bond acceptors (Lipinski definition) is 2. The van der Waals surface area contributed by atoms with Crippen LogP contribution in [0.3, 0.4) is 0 Å². The van der Waals surface area contributed by atoms with Gasteiger partial charge in [-0.05, 0) is 62.1 Å². The fourth-order valence-electron chi connectivity index (χ4n) is 4.18. The molecule has 0 saturated heterocycles. The Labute approximate surface area is 142 Å². The Morgan fingerprint density at radius 1 is 1.35 bits per heavy atom. The highest BCUT2D eigenvalue weighted by Crippen LogP contribution is 2.49. The van der Waals surface area contributed by atoms with Crippen LogP contribution in [0.1, 0.15) is 43.0 Å². The van der Waals surface area contributed by atoms with Gasteiger partial charge in [0.15, 0.2) is 0 Å². The molecule has 6 heteroatoms. The molecule has 0 aromatic heterocycles. The van der Waals surface area contributed by atoms with Crippen molar-refractivity contribution in [3.63, 3.8) is 0 Å². The number of carbonyl (C=O) groups excluding carboxylic acids is 1. The predicted octanol–water partition coefficient (Wildman–Crippen LogP) is 4.61. The third-order valence-corrected chi connectivity index (χ3v) is 5.69. The van der Waals surface area contributed by atoms with Gasteiger partial charge in [0.05, 0.1) is 5.56 Å². The Morgan fingerprint density at radius 2 is 2.13 bits per heavy atom. The van der Waals surface area contributed by atoms with Crippen LogP contribution in [0, 0.1) is 17.8 Å². The van der Waals surface area contributed by atoms with Gasteiger partial charge in [0, 0.05) is 10.5 Å². The summed E-state index contributed by atoms with van der Waals surface area (Å²) in [5, 5.41) is 2.98. The topological polar surface area (TPSA) is 38.3 Å². The number of nitrogens with one attached hydrogen (secondary N) is 1. The van der Waals surface area contributed by atoms with Crippen LogP contribution in [0.15, 0.2) is 22.7 Å². The first-order chi connectivity index (χ1) is 10.9. The van der Waals surface area contributed by atoms with E-state index >= 15 is 0 Å². The molecular weight excluding hydrogens is 368 g/mol. The summed E-state index contributed by atoms with van der Waals surface area (Å²) in [5.74, 6) is 1.52. The first kappa shape index (κ1) is 16.7. The Morgan fingerprint density at radius 3 is 2.74 bits per heavy atom. The van der Waals surface area contributed by atoms with E-state index in [1.807, 2.05) is 6.92 Å². The molecule has 2 aliphatic carbocycles. The maximum absolute atomic E-state index is 12.5. The van der Waals surface area contributed by atoms with Crippen molar-refractivity contribution >= 4 is 21.8 Å². The van der Waals surface area contributed by atoms with Gasteiger partial charge >= 0.3 is 6.61 Å². The molecule has 1 amide bonds. The second kappa shape index (κ2) is 6.75. The summed E-state index contributed by atoms with van der Waals surface area (Å²) in [5.41, 5.74) is 0.134. The normalized spacial score (nSPS) is 27.3. The number of hydrogen-bond donors (Lipinski definition) is 1. The fourth-order valence-corrected chi connectivity index (χ4v) is 4.54. The monoisotopic (exact) mass is 387 g/mol. The molecule has 2 aliphatic rings. The molecule has 0 unspecified atom stereocenters. The summed E-state index contributed by atoms with van der Waals surface area (Å²) < 4.78 is 30.1. The summed E-state index contributed by atoms with van der Waals surface area (Å²) in [6.45, 7) is -0.944. The molecule has 2 saturated carbocycles. The Balaban J connectivity index is 1.71. The molecular formula is C17H20BrF2NO2. The van der Waals surface area contributed by atoms with E-state index in [9.17, 15) is 13.6 Å². The highest BCUT2D eigenvalue weighted by molar-refractivity contribution is 9.10. The number of amides is 1. The average Bonchev–Trinajstić information content (AvgIpc) is 3.11. The minimum Gasteiger partial charge on any atom is -0.434 e. The van der Waals surface area contributed by atoms with Crippen LogP contribution in [-0.2, 0) is 0 Å². The van der Waals surface area contributed by atoms with Gasteiger partial charge < -0.3 is 10.1 Å². The van der Waals surface area contributed by atoms with Crippen LogP contribution >= 0.6 is 15.9 Å². The van der Waals surface area contributed by atoms with Crippen LogP contribution in [0.2, 0.25) is 0 Å². The Kier molecular flexibility index (Phi) is 4.90. The van der Waals surface area contributed by atoms with Gasteiger partial charge in [-0.3, -0.25) is 4.79 Å². The average molecular weight is 388 g/mol. The minimum atomic E-state index is -2.95. The van der Waals surface area contributed by atoms with E-state index in [1.165, 1.54) is 31.4 Å². The lowest BCUT2D eigenvalue weighted by molar-refractivity contribution is -0.0501. The number of fused-ring (bicyclic) bond motifs is 2. The van der Waals surface area contributed by atoms with Gasteiger partial charge in [-0.1, -0.05) is 22.4 Å². The van der Waals surface area contributed by atoms with Gasteiger partial charge in [0.1, 0.15) is 5.75 Å². The number of ether oxygens (including phenoxy) is 1. The molecule has 0 radical (unpaired) electrons. The van der Waals surface area contributed by atoms with E-state index in [2.05, 4.69) is 26.0 Å². The minimum absolute atomic E-state index is 0.0381. The fraction of sp³-hybridized carbons (Fsp3) is 0.588. The van der Waals surface area contributed by atoms with Gasteiger partial charge in [-0.15, -0.1) is 0 Å². The van der Waals surface area contributed by atoms with E-state index in [0.717, 1.165) is 12.3 Å². The maximum atomic E-state index is 12.5. The van der Waals surface area contributed by atoms with Crippen molar-refractivity contribution in [2.75, 3.05) is 0 Å². The largest absolute Gasteiger partial charge is 0.434 e. The van der Waals surface area contributed by atoms with E-state index in [1.54, 1.807) is 6.07 Å². The van der Waals surface area contributed by atoms with Gasteiger partial charge in [0.25, 0.3) is 5.91 Å². The SMILES string of the molecule is C[C@H](NC(=O)c1cc(Br)ccc1OC(F)F)[C@H]1C[C@@H]2CC[C@@H]1C2. The zero-order valence-corrected chi connectivity index (χ0v) is 14.5. The molecule has 126 valence electrons. The number of rotatable bonds is 5. The summed E-state index contributed by atoms with van der Waals surface area (Å²) in [6.07, 6.45) is 4.97. The third-order valence-electron chi connectivity index (χ3n) is 5.20. The number of halogens is 3.